The standard InChI is InChI=1S/C34H39N5O7/c1-3-34(44)26-17-28-30-24(18-39(28)31(41)25(26)19-45-32(34)42)22(16-29(40)35-2)23-15-21(7-8-27(23)36-30)46-33(43)38-13-9-20(10-14-38)37-11-5-4-6-12-37/h7-8,15,17,20,44H,3-6,9-14,16,18-19H2,1-2H3,(H,35,40)/t34-/m0/s1. The molecule has 0 aliphatic carbocycles. The minimum atomic E-state index is -1.94. The van der Waals surface area contributed by atoms with Gasteiger partial charge in [0, 0.05) is 42.7 Å². The number of cyclic esters (lactones) is 1. The van der Waals surface area contributed by atoms with E-state index in [0.717, 1.165) is 25.9 Å². The Hall–Kier alpha value is -4.29. The number of nitrogens with one attached hydrogen (secondary N) is 1. The highest BCUT2D eigenvalue weighted by molar-refractivity contribution is 5.94. The maximum Gasteiger partial charge on any atom is 0.415 e. The van der Waals surface area contributed by atoms with E-state index in [1.165, 1.54) is 19.3 Å². The van der Waals surface area contributed by atoms with Crippen molar-refractivity contribution in [3.63, 3.8) is 0 Å². The molecule has 0 radical (unpaired) electrons. The number of esters is 1. The van der Waals surface area contributed by atoms with E-state index in [2.05, 4.69) is 10.2 Å². The van der Waals surface area contributed by atoms with E-state index in [4.69, 9.17) is 14.5 Å². The Balaban J connectivity index is 1.21. The second-order valence-electron chi connectivity index (χ2n) is 12.7. The first kappa shape index (κ1) is 30.4. The van der Waals surface area contributed by atoms with Gasteiger partial charge in [0.2, 0.25) is 5.91 Å². The van der Waals surface area contributed by atoms with Gasteiger partial charge in [-0.05, 0) is 75.0 Å². The van der Waals surface area contributed by atoms with Crippen LogP contribution in [0.4, 0.5) is 4.79 Å². The van der Waals surface area contributed by atoms with Crippen LogP contribution in [0.15, 0.2) is 29.1 Å². The normalized spacial score (nSPS) is 21.4. The number of likely N-dealkylation sites (N-methyl/N-ethyl adjacent to an activating group) is 1. The van der Waals surface area contributed by atoms with Crippen molar-refractivity contribution in [2.45, 2.75) is 76.7 Å². The van der Waals surface area contributed by atoms with E-state index in [1.54, 1.807) is 47.7 Å². The summed E-state index contributed by atoms with van der Waals surface area (Å²) >= 11 is 0. The highest BCUT2D eigenvalue weighted by Gasteiger charge is 2.45. The number of fused-ring (bicyclic) bond motifs is 5. The van der Waals surface area contributed by atoms with Crippen LogP contribution in [0.5, 0.6) is 5.75 Å². The Labute approximate surface area is 266 Å². The lowest BCUT2D eigenvalue weighted by molar-refractivity contribution is -0.172. The van der Waals surface area contributed by atoms with Crippen molar-refractivity contribution < 1.29 is 29.0 Å². The van der Waals surface area contributed by atoms with Gasteiger partial charge in [0.1, 0.15) is 12.4 Å². The van der Waals surface area contributed by atoms with Crippen molar-refractivity contribution in [1.29, 1.82) is 0 Å². The highest BCUT2D eigenvalue weighted by Crippen LogP contribution is 2.41. The van der Waals surface area contributed by atoms with Gasteiger partial charge in [-0.3, -0.25) is 9.59 Å². The average Bonchev–Trinajstić information content (AvgIpc) is 3.45. The molecule has 2 fully saturated rings. The molecule has 1 atom stereocenters. The predicted molar refractivity (Wildman–Crippen MR) is 168 cm³/mol. The molecule has 7 rings (SSSR count). The van der Waals surface area contributed by atoms with E-state index in [-0.39, 0.29) is 48.6 Å². The molecular formula is C34H39N5O7. The monoisotopic (exact) mass is 629 g/mol. The lowest BCUT2D eigenvalue weighted by Crippen LogP contribution is -2.48. The molecular weight excluding hydrogens is 590 g/mol. The number of ether oxygens (including phenoxy) is 2. The third-order valence-electron chi connectivity index (χ3n) is 10.2. The van der Waals surface area contributed by atoms with Crippen molar-refractivity contribution in [3.8, 4) is 17.1 Å². The summed E-state index contributed by atoms with van der Waals surface area (Å²) in [5.41, 5.74) is 1.02. The third-order valence-corrected chi connectivity index (χ3v) is 10.2. The van der Waals surface area contributed by atoms with Crippen LogP contribution in [-0.4, -0.2) is 81.7 Å². The van der Waals surface area contributed by atoms with E-state index in [1.807, 2.05) is 0 Å². The van der Waals surface area contributed by atoms with Crippen LogP contribution >= 0.6 is 0 Å². The van der Waals surface area contributed by atoms with E-state index >= 15 is 0 Å². The van der Waals surface area contributed by atoms with Gasteiger partial charge in [0.15, 0.2) is 5.60 Å². The molecule has 2 aromatic heterocycles. The molecule has 2 saturated heterocycles. The van der Waals surface area contributed by atoms with E-state index in [9.17, 15) is 24.3 Å². The third kappa shape index (κ3) is 5.04. The zero-order chi connectivity index (χ0) is 32.2. The molecule has 0 bridgehead atoms. The first-order chi connectivity index (χ1) is 22.2. The number of hydrogen-bond donors (Lipinski definition) is 2. The molecule has 46 heavy (non-hydrogen) atoms. The maximum atomic E-state index is 13.7. The van der Waals surface area contributed by atoms with Crippen LogP contribution in [0.2, 0.25) is 0 Å². The minimum Gasteiger partial charge on any atom is -0.458 e. The number of benzene rings is 1. The van der Waals surface area contributed by atoms with Crippen molar-refractivity contribution >= 4 is 28.9 Å². The topological polar surface area (TPSA) is 143 Å². The molecule has 12 nitrogen and oxygen atoms in total. The van der Waals surface area contributed by atoms with Crippen LogP contribution in [0, 0.1) is 0 Å². The summed E-state index contributed by atoms with van der Waals surface area (Å²) in [5, 5.41) is 14.5. The molecule has 2 N–H and O–H groups in total. The van der Waals surface area contributed by atoms with Crippen LogP contribution in [0.1, 0.15) is 67.7 Å². The Morgan fingerprint density at radius 3 is 2.57 bits per heavy atom. The van der Waals surface area contributed by atoms with Crippen LogP contribution in [-0.2, 0) is 39.5 Å². The summed E-state index contributed by atoms with van der Waals surface area (Å²) in [6.07, 6.45) is 5.30. The Kier molecular flexibility index (Phi) is 7.80. The van der Waals surface area contributed by atoms with Gasteiger partial charge in [-0.25, -0.2) is 14.6 Å². The van der Waals surface area contributed by atoms with Crippen molar-refractivity contribution in [1.82, 2.24) is 24.7 Å². The van der Waals surface area contributed by atoms with Gasteiger partial charge in [-0.1, -0.05) is 13.3 Å². The van der Waals surface area contributed by atoms with Crippen molar-refractivity contribution in [2.24, 2.45) is 0 Å². The van der Waals surface area contributed by atoms with Gasteiger partial charge in [-0.2, -0.15) is 0 Å². The number of carbonyl (C=O) groups excluding carboxylic acids is 3. The fourth-order valence-electron chi connectivity index (χ4n) is 7.52. The fourth-order valence-corrected chi connectivity index (χ4v) is 7.52. The Morgan fingerprint density at radius 1 is 1.09 bits per heavy atom. The maximum absolute atomic E-state index is 13.7. The predicted octanol–water partition coefficient (Wildman–Crippen LogP) is 2.82. The summed E-state index contributed by atoms with van der Waals surface area (Å²) in [6, 6.07) is 7.33. The molecule has 4 aliphatic heterocycles. The molecule has 0 spiro atoms. The number of aromatic nitrogens is 2. The number of likely N-dealkylation sites (tertiary alicyclic amines) is 2. The van der Waals surface area contributed by atoms with Gasteiger partial charge >= 0.3 is 12.1 Å². The average molecular weight is 630 g/mol. The number of carbonyl (C=O) groups is 3. The number of pyridine rings is 2. The molecule has 4 aliphatic rings. The smallest absolute Gasteiger partial charge is 0.415 e. The van der Waals surface area contributed by atoms with Crippen LogP contribution in [0.25, 0.3) is 22.3 Å². The number of amides is 2. The summed E-state index contributed by atoms with van der Waals surface area (Å²) in [5.74, 6) is -0.664. The Bertz CT molecular complexity index is 1810. The molecule has 1 aromatic carbocycles. The SMILES string of the molecule is CC[C@@]1(O)C(=O)OCc2c1cc1n(c2=O)Cc2c-1nc1ccc(OC(=O)N3CCC(N4CCCCC4)CC3)cc1c2CC(=O)NC. The Morgan fingerprint density at radius 2 is 1.85 bits per heavy atom. The number of rotatable bonds is 5. The molecule has 6 heterocycles. The first-order valence-corrected chi connectivity index (χ1v) is 16.3. The molecule has 12 heteroatoms. The zero-order valence-corrected chi connectivity index (χ0v) is 26.3. The number of aliphatic hydroxyl groups is 1. The number of hydrogen-bond acceptors (Lipinski definition) is 9. The van der Waals surface area contributed by atoms with E-state index < -0.39 is 17.7 Å². The molecule has 242 valence electrons. The summed E-state index contributed by atoms with van der Waals surface area (Å²) in [6.45, 7) is 5.15. The molecule has 0 unspecified atom stereocenters. The molecule has 0 saturated carbocycles. The summed E-state index contributed by atoms with van der Waals surface area (Å²) < 4.78 is 12.6. The van der Waals surface area contributed by atoms with Gasteiger partial charge in [-0.15, -0.1) is 0 Å². The van der Waals surface area contributed by atoms with Crippen LogP contribution < -0.4 is 15.6 Å². The molecule has 3 aromatic rings. The first-order valence-electron chi connectivity index (χ1n) is 16.3. The second kappa shape index (κ2) is 11.8. The van der Waals surface area contributed by atoms with Crippen LogP contribution in [0.3, 0.4) is 0 Å². The summed E-state index contributed by atoms with van der Waals surface area (Å²) in [4.78, 5) is 61.4. The zero-order valence-electron chi connectivity index (χ0n) is 26.3. The number of nitrogens with zero attached hydrogens (tertiary/aromatic N) is 4. The lowest BCUT2D eigenvalue weighted by atomic mass is 9.86. The largest absolute Gasteiger partial charge is 0.458 e. The quantitative estimate of drug-likeness (QED) is 0.319. The van der Waals surface area contributed by atoms with Gasteiger partial charge in [0.25, 0.3) is 5.56 Å². The van der Waals surface area contributed by atoms with Gasteiger partial charge < -0.3 is 34.3 Å². The fraction of sp³-hybridized carbons (Fsp3) is 0.500. The van der Waals surface area contributed by atoms with Gasteiger partial charge in [0.05, 0.1) is 35.4 Å². The van der Waals surface area contributed by atoms with E-state index in [0.29, 0.717) is 58.3 Å². The lowest BCUT2D eigenvalue weighted by Gasteiger charge is -2.39. The second-order valence-corrected chi connectivity index (χ2v) is 12.7. The summed E-state index contributed by atoms with van der Waals surface area (Å²) in [7, 11) is 1.56. The number of piperidine rings is 2. The van der Waals surface area contributed by atoms with Crippen molar-refractivity contribution in [3.05, 3.63) is 56.9 Å². The highest BCUT2D eigenvalue weighted by atomic mass is 16.6. The minimum absolute atomic E-state index is 0.0161. The van der Waals surface area contributed by atoms with Crippen molar-refractivity contribution in [2.75, 3.05) is 33.2 Å². The molecule has 2 amide bonds.